The summed E-state index contributed by atoms with van der Waals surface area (Å²) >= 11 is 0. The molecule has 0 spiro atoms. The molecule has 8 heteroatoms. The Balaban J connectivity index is 1.99. The van der Waals surface area contributed by atoms with Gasteiger partial charge < -0.3 is 0 Å². The van der Waals surface area contributed by atoms with Gasteiger partial charge in [-0.15, -0.1) is 5.10 Å². The van der Waals surface area contributed by atoms with Crippen molar-refractivity contribution >= 4 is 15.7 Å². The molecule has 0 aromatic carbocycles. The van der Waals surface area contributed by atoms with Gasteiger partial charge in [0, 0.05) is 25.8 Å². The fourth-order valence-corrected chi connectivity index (χ4v) is 4.35. The normalized spacial score (nSPS) is 17.8. The van der Waals surface area contributed by atoms with E-state index in [1.807, 2.05) is 6.92 Å². The van der Waals surface area contributed by atoms with Crippen molar-refractivity contribution in [1.82, 2.24) is 18.5 Å². The summed E-state index contributed by atoms with van der Waals surface area (Å²) in [5.41, 5.74) is 0.167. The Hall–Kier alpha value is -1.67. The Morgan fingerprint density at radius 2 is 1.96 bits per heavy atom. The van der Waals surface area contributed by atoms with E-state index in [9.17, 15) is 13.2 Å². The van der Waals surface area contributed by atoms with Crippen molar-refractivity contribution in [3.05, 3.63) is 28.8 Å². The van der Waals surface area contributed by atoms with Crippen LogP contribution in [-0.4, -0.2) is 40.0 Å². The largest absolute Gasteiger partial charge is 0.350 e. The number of rotatable bonds is 4. The van der Waals surface area contributed by atoms with Gasteiger partial charge in [-0.25, -0.2) is 22.3 Å². The van der Waals surface area contributed by atoms with Crippen molar-refractivity contribution in [2.75, 3.05) is 13.1 Å². The lowest BCUT2D eigenvalue weighted by molar-refractivity contribution is 0.288. The zero-order valence-electron chi connectivity index (χ0n) is 13.5. The van der Waals surface area contributed by atoms with Crippen LogP contribution >= 0.6 is 0 Å². The SMILES string of the molecule is CCCn1nc2ccc(S(=O)(=O)N3CCC(C)CC3)cn2c1=O. The van der Waals surface area contributed by atoms with Crippen molar-refractivity contribution < 1.29 is 8.42 Å². The molecule has 0 amide bonds. The van der Waals surface area contributed by atoms with Gasteiger partial charge in [-0.3, -0.25) is 0 Å². The smallest absolute Gasteiger partial charge is 0.249 e. The maximum atomic E-state index is 12.8. The Morgan fingerprint density at radius 1 is 1.26 bits per heavy atom. The fraction of sp³-hybridized carbons (Fsp3) is 0.600. The molecule has 0 atom stereocenters. The van der Waals surface area contributed by atoms with Crippen molar-refractivity contribution in [1.29, 1.82) is 0 Å². The van der Waals surface area contributed by atoms with Gasteiger partial charge >= 0.3 is 5.69 Å². The zero-order valence-corrected chi connectivity index (χ0v) is 14.3. The summed E-state index contributed by atoms with van der Waals surface area (Å²) in [6.45, 7) is 5.69. The predicted octanol–water partition coefficient (Wildman–Crippen LogP) is 1.33. The fourth-order valence-electron chi connectivity index (χ4n) is 2.88. The van der Waals surface area contributed by atoms with E-state index in [2.05, 4.69) is 12.0 Å². The minimum Gasteiger partial charge on any atom is -0.249 e. The number of aryl methyl sites for hydroxylation is 1. The number of sulfonamides is 1. The van der Waals surface area contributed by atoms with Crippen LogP contribution in [0.4, 0.5) is 0 Å². The second-order valence-corrected chi connectivity index (χ2v) is 8.12. The molecule has 0 unspecified atom stereocenters. The first-order valence-electron chi connectivity index (χ1n) is 8.03. The first-order valence-corrected chi connectivity index (χ1v) is 9.47. The van der Waals surface area contributed by atoms with Gasteiger partial charge in [0.05, 0.1) is 4.90 Å². The van der Waals surface area contributed by atoms with Gasteiger partial charge in [0.1, 0.15) is 0 Å². The summed E-state index contributed by atoms with van der Waals surface area (Å²) in [7, 11) is -3.56. The van der Waals surface area contributed by atoms with Crippen molar-refractivity contribution in [3.8, 4) is 0 Å². The Labute approximate surface area is 135 Å². The van der Waals surface area contributed by atoms with Gasteiger partial charge in [-0.05, 0) is 37.3 Å². The Morgan fingerprint density at radius 3 is 2.61 bits per heavy atom. The molecule has 2 aromatic heterocycles. The lowest BCUT2D eigenvalue weighted by atomic mass is 10.0. The molecule has 126 valence electrons. The number of aromatic nitrogens is 3. The van der Waals surface area contributed by atoms with Crippen LogP contribution in [0.5, 0.6) is 0 Å². The maximum absolute atomic E-state index is 12.8. The number of pyridine rings is 1. The van der Waals surface area contributed by atoms with Crippen LogP contribution in [-0.2, 0) is 16.6 Å². The number of hydrogen-bond donors (Lipinski definition) is 0. The van der Waals surface area contributed by atoms with Crippen LogP contribution in [0, 0.1) is 5.92 Å². The van der Waals surface area contributed by atoms with E-state index in [1.165, 1.54) is 25.7 Å². The number of hydrogen-bond acceptors (Lipinski definition) is 4. The topological polar surface area (TPSA) is 76.7 Å². The van der Waals surface area contributed by atoms with Crippen molar-refractivity contribution in [3.63, 3.8) is 0 Å². The molecule has 0 N–H and O–H groups in total. The predicted molar refractivity (Wildman–Crippen MR) is 86.9 cm³/mol. The molecule has 3 rings (SSSR count). The Kier molecular flexibility index (Phi) is 4.29. The third-order valence-corrected chi connectivity index (χ3v) is 6.25. The van der Waals surface area contributed by atoms with E-state index < -0.39 is 10.0 Å². The standard InChI is InChI=1S/C15H22N4O3S/c1-3-8-19-15(20)18-11-13(4-5-14(18)16-19)23(21,22)17-9-6-12(2)7-10-17/h4-5,11-12H,3,6-10H2,1-2H3. The average Bonchev–Trinajstić information content (AvgIpc) is 2.84. The summed E-state index contributed by atoms with van der Waals surface area (Å²) in [5.74, 6) is 0.554. The third kappa shape index (κ3) is 2.92. The highest BCUT2D eigenvalue weighted by Crippen LogP contribution is 2.23. The van der Waals surface area contributed by atoms with Gasteiger partial charge in [0.15, 0.2) is 5.65 Å². The number of fused-ring (bicyclic) bond motifs is 1. The lowest BCUT2D eigenvalue weighted by Crippen LogP contribution is -2.38. The molecule has 0 radical (unpaired) electrons. The third-order valence-electron chi connectivity index (χ3n) is 4.37. The highest BCUT2D eigenvalue weighted by molar-refractivity contribution is 7.89. The highest BCUT2D eigenvalue weighted by Gasteiger charge is 2.28. The number of piperidine rings is 1. The van der Waals surface area contributed by atoms with Gasteiger partial charge in [0.2, 0.25) is 10.0 Å². The van der Waals surface area contributed by atoms with E-state index in [0.29, 0.717) is 31.2 Å². The van der Waals surface area contributed by atoms with Crippen LogP contribution in [0.15, 0.2) is 28.0 Å². The summed E-state index contributed by atoms with van der Waals surface area (Å²) in [6.07, 6.45) is 3.93. The van der Waals surface area contributed by atoms with Crippen molar-refractivity contribution in [2.45, 2.75) is 44.6 Å². The van der Waals surface area contributed by atoms with Gasteiger partial charge in [-0.2, -0.15) is 4.31 Å². The lowest BCUT2D eigenvalue weighted by Gasteiger charge is -2.29. The van der Waals surface area contributed by atoms with Crippen LogP contribution in [0.1, 0.15) is 33.1 Å². The molecule has 3 heterocycles. The minimum absolute atomic E-state index is 0.151. The molecule has 1 aliphatic rings. The molecule has 1 fully saturated rings. The molecule has 0 aliphatic carbocycles. The van der Waals surface area contributed by atoms with E-state index in [4.69, 9.17) is 0 Å². The number of nitrogens with zero attached hydrogens (tertiary/aromatic N) is 4. The molecule has 0 bridgehead atoms. The minimum atomic E-state index is -3.56. The molecular weight excluding hydrogens is 316 g/mol. The molecule has 23 heavy (non-hydrogen) atoms. The average molecular weight is 338 g/mol. The van der Waals surface area contributed by atoms with E-state index >= 15 is 0 Å². The van der Waals surface area contributed by atoms with Gasteiger partial charge in [-0.1, -0.05) is 13.8 Å². The maximum Gasteiger partial charge on any atom is 0.350 e. The summed E-state index contributed by atoms with van der Waals surface area (Å²) in [4.78, 5) is 12.4. The van der Waals surface area contributed by atoms with E-state index in [-0.39, 0.29) is 10.6 Å². The van der Waals surface area contributed by atoms with Crippen LogP contribution in [0.2, 0.25) is 0 Å². The molecular formula is C15H22N4O3S. The van der Waals surface area contributed by atoms with E-state index in [0.717, 1.165) is 19.3 Å². The highest BCUT2D eigenvalue weighted by atomic mass is 32.2. The molecule has 0 saturated carbocycles. The first kappa shape index (κ1) is 16.2. The quantitative estimate of drug-likeness (QED) is 0.842. The summed E-state index contributed by atoms with van der Waals surface area (Å²) < 4.78 is 29.7. The Bertz CT molecular complexity index is 860. The van der Waals surface area contributed by atoms with Crippen LogP contribution < -0.4 is 5.69 Å². The first-order chi connectivity index (χ1) is 10.9. The zero-order chi connectivity index (χ0) is 16.6. The second-order valence-electron chi connectivity index (χ2n) is 6.19. The van der Waals surface area contributed by atoms with E-state index in [1.54, 1.807) is 6.07 Å². The van der Waals surface area contributed by atoms with Gasteiger partial charge in [0.25, 0.3) is 0 Å². The molecule has 1 aliphatic heterocycles. The summed E-state index contributed by atoms with van der Waals surface area (Å²) in [6, 6.07) is 3.12. The van der Waals surface area contributed by atoms with Crippen LogP contribution in [0.3, 0.4) is 0 Å². The summed E-state index contributed by atoms with van der Waals surface area (Å²) in [5, 5.41) is 4.21. The van der Waals surface area contributed by atoms with Crippen molar-refractivity contribution in [2.24, 2.45) is 5.92 Å². The monoisotopic (exact) mass is 338 g/mol. The molecule has 7 nitrogen and oxygen atoms in total. The second kappa shape index (κ2) is 6.09. The molecule has 1 saturated heterocycles. The molecule has 2 aromatic rings. The van der Waals surface area contributed by atoms with Crippen LogP contribution in [0.25, 0.3) is 5.65 Å².